The summed E-state index contributed by atoms with van der Waals surface area (Å²) < 4.78 is 2.61. The standard InChI is InChI=1S/C15H22N4O/c1-5-6-7-11(2)13-9-8-12(3)14(10-13)19-15(20)18(4)16-17-19/h8-11H,5-7H2,1-4H3. The lowest BCUT2D eigenvalue weighted by atomic mass is 9.94. The number of hydrogen-bond acceptors (Lipinski definition) is 3. The summed E-state index contributed by atoms with van der Waals surface area (Å²) in [4.78, 5) is 12.0. The Kier molecular flexibility index (Phi) is 4.37. The number of nitrogens with zero attached hydrogens (tertiary/aromatic N) is 4. The summed E-state index contributed by atoms with van der Waals surface area (Å²) in [7, 11) is 1.61. The smallest absolute Gasteiger partial charge is 0.244 e. The fraction of sp³-hybridized carbons (Fsp3) is 0.533. The van der Waals surface area contributed by atoms with E-state index in [1.807, 2.05) is 13.0 Å². The normalized spacial score (nSPS) is 12.6. The molecule has 5 nitrogen and oxygen atoms in total. The summed E-state index contributed by atoms with van der Waals surface area (Å²) in [5, 5.41) is 7.70. The Morgan fingerprint density at radius 1 is 1.30 bits per heavy atom. The second kappa shape index (κ2) is 6.03. The molecule has 2 rings (SSSR count). The molecule has 0 spiro atoms. The molecule has 0 aliphatic heterocycles. The van der Waals surface area contributed by atoms with Crippen molar-refractivity contribution in [3.63, 3.8) is 0 Å². The molecule has 0 bridgehead atoms. The Labute approximate surface area is 119 Å². The van der Waals surface area contributed by atoms with Gasteiger partial charge in [0.1, 0.15) is 0 Å². The molecule has 0 saturated carbocycles. The van der Waals surface area contributed by atoms with Gasteiger partial charge in [-0.2, -0.15) is 9.36 Å². The number of aryl methyl sites for hydroxylation is 2. The highest BCUT2D eigenvalue weighted by atomic mass is 16.2. The zero-order valence-corrected chi connectivity index (χ0v) is 12.6. The molecule has 0 aliphatic carbocycles. The first kappa shape index (κ1) is 14.5. The molecular weight excluding hydrogens is 252 g/mol. The fourth-order valence-electron chi connectivity index (χ4n) is 2.30. The van der Waals surface area contributed by atoms with Crippen LogP contribution in [0.5, 0.6) is 0 Å². The third kappa shape index (κ3) is 2.81. The summed E-state index contributed by atoms with van der Waals surface area (Å²) in [6.07, 6.45) is 3.58. The van der Waals surface area contributed by atoms with Gasteiger partial charge in [-0.25, -0.2) is 4.79 Å². The molecule has 0 fully saturated rings. The van der Waals surface area contributed by atoms with Crippen LogP contribution in [0, 0.1) is 6.92 Å². The van der Waals surface area contributed by atoms with Crippen molar-refractivity contribution in [1.29, 1.82) is 0 Å². The van der Waals surface area contributed by atoms with Crippen molar-refractivity contribution in [1.82, 2.24) is 19.8 Å². The molecule has 1 unspecified atom stereocenters. The Morgan fingerprint density at radius 2 is 2.05 bits per heavy atom. The van der Waals surface area contributed by atoms with Gasteiger partial charge in [0.15, 0.2) is 0 Å². The highest BCUT2D eigenvalue weighted by Gasteiger charge is 2.12. The minimum absolute atomic E-state index is 0.216. The quantitative estimate of drug-likeness (QED) is 0.842. The van der Waals surface area contributed by atoms with Crippen LogP contribution in [-0.2, 0) is 7.05 Å². The van der Waals surface area contributed by atoms with E-state index in [-0.39, 0.29) is 5.69 Å². The summed E-state index contributed by atoms with van der Waals surface area (Å²) in [5.74, 6) is 0.488. The molecule has 0 amide bonds. The van der Waals surface area contributed by atoms with Crippen LogP contribution in [0.3, 0.4) is 0 Å². The highest BCUT2D eigenvalue weighted by Crippen LogP contribution is 2.24. The summed E-state index contributed by atoms with van der Waals surface area (Å²) >= 11 is 0. The second-order valence-electron chi connectivity index (χ2n) is 5.39. The van der Waals surface area contributed by atoms with Crippen molar-refractivity contribution in [2.24, 2.45) is 7.05 Å². The maximum Gasteiger partial charge on any atom is 0.368 e. The van der Waals surface area contributed by atoms with Crippen molar-refractivity contribution in [3.8, 4) is 5.69 Å². The van der Waals surface area contributed by atoms with Gasteiger partial charge >= 0.3 is 5.69 Å². The minimum Gasteiger partial charge on any atom is -0.244 e. The lowest BCUT2D eigenvalue weighted by Gasteiger charge is -2.13. The number of rotatable bonds is 5. The minimum atomic E-state index is -0.216. The molecule has 1 aromatic heterocycles. The molecule has 1 atom stereocenters. The van der Waals surface area contributed by atoms with Crippen LogP contribution in [0.4, 0.5) is 0 Å². The first-order valence-corrected chi connectivity index (χ1v) is 7.14. The molecular formula is C15H22N4O. The van der Waals surface area contributed by atoms with Crippen molar-refractivity contribution in [2.75, 3.05) is 0 Å². The molecule has 5 heteroatoms. The van der Waals surface area contributed by atoms with E-state index in [1.165, 1.54) is 27.8 Å². The summed E-state index contributed by atoms with van der Waals surface area (Å²) in [5.41, 5.74) is 2.88. The predicted octanol–water partition coefficient (Wildman–Crippen LogP) is 2.57. The first-order valence-electron chi connectivity index (χ1n) is 7.14. The number of hydrogen-bond donors (Lipinski definition) is 0. The number of benzene rings is 1. The van der Waals surface area contributed by atoms with Crippen molar-refractivity contribution in [3.05, 3.63) is 39.8 Å². The van der Waals surface area contributed by atoms with Gasteiger partial charge in [-0.15, -0.1) is 0 Å². The van der Waals surface area contributed by atoms with Gasteiger partial charge in [0.25, 0.3) is 0 Å². The number of aromatic nitrogens is 4. The third-order valence-electron chi connectivity index (χ3n) is 3.74. The lowest BCUT2D eigenvalue weighted by Crippen LogP contribution is -2.22. The van der Waals surface area contributed by atoms with Crippen LogP contribution in [-0.4, -0.2) is 19.8 Å². The van der Waals surface area contributed by atoms with E-state index >= 15 is 0 Å². The SMILES string of the molecule is CCCCC(C)c1ccc(C)c(-n2nnn(C)c2=O)c1. The van der Waals surface area contributed by atoms with Crippen molar-refractivity contribution in [2.45, 2.75) is 46.0 Å². The first-order chi connectivity index (χ1) is 9.54. The molecule has 0 N–H and O–H groups in total. The van der Waals surface area contributed by atoms with E-state index < -0.39 is 0 Å². The second-order valence-corrected chi connectivity index (χ2v) is 5.39. The van der Waals surface area contributed by atoms with Crippen LogP contribution in [0.15, 0.2) is 23.0 Å². The van der Waals surface area contributed by atoms with Gasteiger partial charge in [0, 0.05) is 7.05 Å². The zero-order valence-electron chi connectivity index (χ0n) is 12.6. The van der Waals surface area contributed by atoms with E-state index in [1.54, 1.807) is 7.05 Å². The molecule has 108 valence electrons. The van der Waals surface area contributed by atoms with E-state index in [9.17, 15) is 4.79 Å². The average Bonchev–Trinajstić information content (AvgIpc) is 2.77. The van der Waals surface area contributed by atoms with Crippen LogP contribution in [0.2, 0.25) is 0 Å². The van der Waals surface area contributed by atoms with Gasteiger partial charge in [0.05, 0.1) is 5.69 Å². The maximum atomic E-state index is 12.0. The molecule has 0 aliphatic rings. The molecule has 1 aromatic carbocycles. The summed E-state index contributed by atoms with van der Waals surface area (Å²) in [6.45, 7) is 6.41. The third-order valence-corrected chi connectivity index (χ3v) is 3.74. The highest BCUT2D eigenvalue weighted by molar-refractivity contribution is 5.43. The zero-order chi connectivity index (χ0) is 14.7. The van der Waals surface area contributed by atoms with Crippen LogP contribution in [0.25, 0.3) is 5.69 Å². The van der Waals surface area contributed by atoms with Crippen LogP contribution >= 0.6 is 0 Å². The van der Waals surface area contributed by atoms with Gasteiger partial charge in [-0.1, -0.05) is 38.8 Å². The Bertz CT molecular complexity index is 642. The molecule has 0 radical (unpaired) electrons. The van der Waals surface area contributed by atoms with Gasteiger partial charge < -0.3 is 0 Å². The Hall–Kier alpha value is -1.91. The lowest BCUT2D eigenvalue weighted by molar-refractivity contribution is 0.623. The number of unbranched alkanes of at least 4 members (excludes halogenated alkanes) is 1. The van der Waals surface area contributed by atoms with Crippen molar-refractivity contribution >= 4 is 0 Å². The Morgan fingerprint density at radius 3 is 2.65 bits per heavy atom. The monoisotopic (exact) mass is 274 g/mol. The van der Waals surface area contributed by atoms with E-state index in [0.717, 1.165) is 17.7 Å². The maximum absolute atomic E-state index is 12.0. The van der Waals surface area contributed by atoms with Gasteiger partial charge in [-0.05, 0) is 46.9 Å². The molecule has 2 aromatic rings. The fourth-order valence-corrected chi connectivity index (χ4v) is 2.30. The molecule has 20 heavy (non-hydrogen) atoms. The van der Waals surface area contributed by atoms with Crippen LogP contribution in [0.1, 0.15) is 50.2 Å². The van der Waals surface area contributed by atoms with Crippen LogP contribution < -0.4 is 5.69 Å². The Balaban J connectivity index is 2.39. The van der Waals surface area contributed by atoms with E-state index in [0.29, 0.717) is 5.92 Å². The van der Waals surface area contributed by atoms with E-state index in [4.69, 9.17) is 0 Å². The predicted molar refractivity (Wildman–Crippen MR) is 79.3 cm³/mol. The average molecular weight is 274 g/mol. The molecule has 1 heterocycles. The van der Waals surface area contributed by atoms with Gasteiger partial charge in [-0.3, -0.25) is 0 Å². The topological polar surface area (TPSA) is 52.7 Å². The number of tetrazole rings is 1. The largest absolute Gasteiger partial charge is 0.368 e. The van der Waals surface area contributed by atoms with Crippen molar-refractivity contribution < 1.29 is 0 Å². The van der Waals surface area contributed by atoms with Gasteiger partial charge in [0.2, 0.25) is 0 Å². The molecule has 0 saturated heterocycles. The van der Waals surface area contributed by atoms with E-state index in [2.05, 4.69) is 36.4 Å². The summed E-state index contributed by atoms with van der Waals surface area (Å²) in [6, 6.07) is 6.25.